The molecule has 0 radical (unpaired) electrons. The number of rotatable bonds is 0. The SMILES string of the molecule is CC(C)=C1CCC1=O. The number of ketones is 1. The quantitative estimate of drug-likeness (QED) is 0.433. The standard InChI is InChI=1S/C7H10O/c1-5(2)6-3-4-7(6)8/h3-4H2,1-2H3. The molecule has 0 unspecified atom stereocenters. The minimum absolute atomic E-state index is 0.352. The van der Waals surface area contributed by atoms with Crippen molar-refractivity contribution in [3.8, 4) is 0 Å². The van der Waals surface area contributed by atoms with Gasteiger partial charge in [-0.05, 0) is 25.8 Å². The summed E-state index contributed by atoms with van der Waals surface area (Å²) in [6.45, 7) is 3.98. The molecule has 0 bridgehead atoms. The number of carbonyl (C=O) groups is 1. The highest BCUT2D eigenvalue weighted by atomic mass is 16.1. The Bertz CT molecular complexity index is 150. The molecule has 0 amide bonds. The van der Waals surface area contributed by atoms with Crippen LogP contribution in [0.25, 0.3) is 0 Å². The Balaban J connectivity index is 2.75. The highest BCUT2D eigenvalue weighted by Gasteiger charge is 2.20. The van der Waals surface area contributed by atoms with Gasteiger partial charge in [-0.25, -0.2) is 0 Å². The first-order valence-electron chi connectivity index (χ1n) is 2.91. The molecule has 1 nitrogen and oxygen atoms in total. The first-order valence-corrected chi connectivity index (χ1v) is 2.91. The minimum atomic E-state index is 0.352. The number of hydrogen-bond donors (Lipinski definition) is 0. The Morgan fingerprint density at radius 1 is 1.38 bits per heavy atom. The molecule has 44 valence electrons. The first-order chi connectivity index (χ1) is 3.72. The summed E-state index contributed by atoms with van der Waals surface area (Å²) in [6.07, 6.45) is 1.79. The van der Waals surface area contributed by atoms with Crippen LogP contribution in [0, 0.1) is 0 Å². The van der Waals surface area contributed by atoms with Crippen molar-refractivity contribution in [2.24, 2.45) is 0 Å². The van der Waals surface area contributed by atoms with Crippen molar-refractivity contribution in [2.75, 3.05) is 0 Å². The van der Waals surface area contributed by atoms with Crippen LogP contribution in [-0.2, 0) is 4.79 Å². The second-order valence-corrected chi connectivity index (χ2v) is 2.40. The summed E-state index contributed by atoms with van der Waals surface area (Å²) < 4.78 is 0. The van der Waals surface area contributed by atoms with Crippen molar-refractivity contribution in [1.29, 1.82) is 0 Å². The largest absolute Gasteiger partial charge is 0.295 e. The summed E-state index contributed by atoms with van der Waals surface area (Å²) in [5, 5.41) is 0. The highest BCUT2D eigenvalue weighted by Crippen LogP contribution is 2.23. The summed E-state index contributed by atoms with van der Waals surface area (Å²) in [4.78, 5) is 10.6. The molecule has 1 aliphatic rings. The maximum absolute atomic E-state index is 10.6. The fourth-order valence-electron chi connectivity index (χ4n) is 0.881. The molecule has 0 spiro atoms. The number of hydrogen-bond acceptors (Lipinski definition) is 1. The Labute approximate surface area is 49.4 Å². The van der Waals surface area contributed by atoms with Gasteiger partial charge in [0.15, 0.2) is 5.78 Å². The van der Waals surface area contributed by atoms with Gasteiger partial charge in [-0.1, -0.05) is 5.57 Å². The smallest absolute Gasteiger partial charge is 0.159 e. The lowest BCUT2D eigenvalue weighted by molar-refractivity contribution is -0.118. The fourth-order valence-corrected chi connectivity index (χ4v) is 0.881. The Morgan fingerprint density at radius 3 is 2.00 bits per heavy atom. The van der Waals surface area contributed by atoms with Gasteiger partial charge in [0.2, 0.25) is 0 Å². The van der Waals surface area contributed by atoms with Gasteiger partial charge in [-0.3, -0.25) is 4.79 Å². The molecule has 0 aromatic carbocycles. The third-order valence-electron chi connectivity index (χ3n) is 1.54. The molecule has 0 aromatic rings. The highest BCUT2D eigenvalue weighted by molar-refractivity contribution is 6.01. The molecule has 0 aliphatic heterocycles. The molecule has 0 N–H and O–H groups in total. The molecule has 0 saturated heterocycles. The van der Waals surface area contributed by atoms with E-state index in [0.29, 0.717) is 5.78 Å². The van der Waals surface area contributed by atoms with Gasteiger partial charge in [0.05, 0.1) is 0 Å². The van der Waals surface area contributed by atoms with Crippen LogP contribution in [0.2, 0.25) is 0 Å². The topological polar surface area (TPSA) is 17.1 Å². The predicted octanol–water partition coefficient (Wildman–Crippen LogP) is 1.69. The van der Waals surface area contributed by atoms with Crippen LogP contribution >= 0.6 is 0 Å². The van der Waals surface area contributed by atoms with E-state index in [0.717, 1.165) is 18.4 Å². The molecule has 0 heterocycles. The maximum Gasteiger partial charge on any atom is 0.159 e. The molecule has 1 rings (SSSR count). The van der Waals surface area contributed by atoms with Gasteiger partial charge in [0, 0.05) is 6.42 Å². The van der Waals surface area contributed by atoms with Gasteiger partial charge < -0.3 is 0 Å². The lowest BCUT2D eigenvalue weighted by Crippen LogP contribution is -2.15. The van der Waals surface area contributed by atoms with E-state index in [-0.39, 0.29) is 0 Å². The van der Waals surface area contributed by atoms with Gasteiger partial charge in [-0.15, -0.1) is 0 Å². The second-order valence-electron chi connectivity index (χ2n) is 2.40. The normalized spacial score (nSPS) is 18.2. The lowest BCUT2D eigenvalue weighted by Gasteiger charge is -2.15. The van der Waals surface area contributed by atoms with E-state index < -0.39 is 0 Å². The Kier molecular flexibility index (Phi) is 1.20. The number of carbonyl (C=O) groups excluding carboxylic acids is 1. The predicted molar refractivity (Wildman–Crippen MR) is 32.6 cm³/mol. The van der Waals surface area contributed by atoms with E-state index in [9.17, 15) is 4.79 Å². The number of Topliss-reactive ketones (excluding diaryl/α,β-unsaturated/α-hetero) is 1. The van der Waals surface area contributed by atoms with Crippen molar-refractivity contribution in [1.82, 2.24) is 0 Å². The van der Waals surface area contributed by atoms with Crippen LogP contribution in [0.5, 0.6) is 0 Å². The first kappa shape index (κ1) is 5.54. The fraction of sp³-hybridized carbons (Fsp3) is 0.571. The van der Waals surface area contributed by atoms with Crippen LogP contribution in [0.3, 0.4) is 0 Å². The van der Waals surface area contributed by atoms with Crippen LogP contribution in [0.1, 0.15) is 26.7 Å². The van der Waals surface area contributed by atoms with Crippen molar-refractivity contribution < 1.29 is 4.79 Å². The molecule has 0 atom stereocenters. The summed E-state index contributed by atoms with van der Waals surface area (Å²) in [5.41, 5.74) is 2.26. The van der Waals surface area contributed by atoms with Crippen LogP contribution in [0.15, 0.2) is 11.1 Å². The van der Waals surface area contributed by atoms with Crippen molar-refractivity contribution in [2.45, 2.75) is 26.7 Å². The molecule has 1 fully saturated rings. The zero-order valence-electron chi connectivity index (χ0n) is 5.32. The summed E-state index contributed by atoms with van der Waals surface area (Å²) in [6, 6.07) is 0. The number of allylic oxidation sites excluding steroid dienone is 2. The molecule has 8 heavy (non-hydrogen) atoms. The van der Waals surface area contributed by atoms with E-state index in [2.05, 4.69) is 0 Å². The third-order valence-corrected chi connectivity index (χ3v) is 1.54. The van der Waals surface area contributed by atoms with E-state index >= 15 is 0 Å². The van der Waals surface area contributed by atoms with Crippen LogP contribution < -0.4 is 0 Å². The average molecular weight is 110 g/mol. The van der Waals surface area contributed by atoms with E-state index in [1.807, 2.05) is 13.8 Å². The van der Waals surface area contributed by atoms with Crippen molar-refractivity contribution in [3.05, 3.63) is 11.1 Å². The van der Waals surface area contributed by atoms with Gasteiger partial charge in [0.25, 0.3) is 0 Å². The Morgan fingerprint density at radius 2 is 2.00 bits per heavy atom. The van der Waals surface area contributed by atoms with Gasteiger partial charge >= 0.3 is 0 Å². The lowest BCUT2D eigenvalue weighted by atomic mass is 9.87. The maximum atomic E-state index is 10.6. The average Bonchev–Trinajstić information content (AvgIpc) is 1.61. The molecule has 1 saturated carbocycles. The molecular formula is C7H10O. The minimum Gasteiger partial charge on any atom is -0.295 e. The molecule has 1 heteroatoms. The zero-order valence-corrected chi connectivity index (χ0v) is 5.32. The monoisotopic (exact) mass is 110 g/mol. The Hall–Kier alpha value is -0.590. The third kappa shape index (κ3) is 0.683. The molecular weight excluding hydrogens is 100 g/mol. The van der Waals surface area contributed by atoms with Gasteiger partial charge in [-0.2, -0.15) is 0 Å². The van der Waals surface area contributed by atoms with Crippen LogP contribution in [-0.4, -0.2) is 5.78 Å². The summed E-state index contributed by atoms with van der Waals surface area (Å²) in [7, 11) is 0. The van der Waals surface area contributed by atoms with E-state index in [1.165, 1.54) is 5.57 Å². The zero-order chi connectivity index (χ0) is 6.15. The van der Waals surface area contributed by atoms with Gasteiger partial charge in [0.1, 0.15) is 0 Å². The van der Waals surface area contributed by atoms with Crippen molar-refractivity contribution in [3.63, 3.8) is 0 Å². The van der Waals surface area contributed by atoms with E-state index in [4.69, 9.17) is 0 Å². The molecule has 1 aliphatic carbocycles. The van der Waals surface area contributed by atoms with E-state index in [1.54, 1.807) is 0 Å². The summed E-state index contributed by atoms with van der Waals surface area (Å²) >= 11 is 0. The summed E-state index contributed by atoms with van der Waals surface area (Å²) in [5.74, 6) is 0.352. The van der Waals surface area contributed by atoms with Crippen LogP contribution in [0.4, 0.5) is 0 Å². The second kappa shape index (κ2) is 1.73. The van der Waals surface area contributed by atoms with Crippen molar-refractivity contribution >= 4 is 5.78 Å². The molecule has 0 aromatic heterocycles.